The number of carbonyl (C=O) groups is 1. The topological polar surface area (TPSA) is 115 Å². The number of nitrogens with one attached hydrogen (secondary N) is 1. The second-order valence-electron chi connectivity index (χ2n) is 5.41. The molecule has 142 valence electrons. The van der Waals surface area contributed by atoms with E-state index in [9.17, 15) is 13.6 Å². The molecule has 0 atom stereocenters. The summed E-state index contributed by atoms with van der Waals surface area (Å²) in [6, 6.07) is 13.6. The van der Waals surface area contributed by atoms with Crippen LogP contribution >= 0.6 is 0 Å². The molecule has 0 saturated carbocycles. The van der Waals surface area contributed by atoms with Crippen molar-refractivity contribution in [3.8, 4) is 17.5 Å². The Morgan fingerprint density at radius 1 is 1.18 bits per heavy atom. The lowest BCUT2D eigenvalue weighted by molar-refractivity contribution is -0.0498. The molecule has 1 aromatic heterocycles. The Hall–Kier alpha value is -4.13. The summed E-state index contributed by atoms with van der Waals surface area (Å²) in [6.45, 7) is -2.91. The number of hydrogen-bond acceptors (Lipinski definition) is 7. The summed E-state index contributed by atoms with van der Waals surface area (Å²) in [5.41, 5.74) is 9.68. The molecular formula is C18H13F2N5O3. The first-order valence-electron chi connectivity index (χ1n) is 7.84. The smallest absolute Gasteiger partial charge is 0.387 e. The van der Waals surface area contributed by atoms with Crippen LogP contribution < -0.4 is 16.0 Å². The zero-order valence-electron chi connectivity index (χ0n) is 14.2. The minimum absolute atomic E-state index is 0.0140. The highest BCUT2D eigenvalue weighted by atomic mass is 19.3. The molecule has 28 heavy (non-hydrogen) atoms. The van der Waals surface area contributed by atoms with E-state index < -0.39 is 12.6 Å². The molecule has 0 fully saturated rings. The van der Waals surface area contributed by atoms with Crippen molar-refractivity contribution in [2.75, 3.05) is 11.2 Å². The Kier molecular flexibility index (Phi) is 5.36. The van der Waals surface area contributed by atoms with Gasteiger partial charge in [0.25, 0.3) is 0 Å². The number of ether oxygens (including phenoxy) is 1. The predicted molar refractivity (Wildman–Crippen MR) is 94.8 cm³/mol. The Labute approximate surface area is 157 Å². The SMILES string of the molecule is N#Cc1cnn(-c2ccc(C(=O)ONc3ccc(OC(F)F)cc3)cc2)c1N. The van der Waals surface area contributed by atoms with Gasteiger partial charge in [0, 0.05) is 0 Å². The van der Waals surface area contributed by atoms with E-state index in [1.165, 1.54) is 47.3 Å². The molecule has 0 saturated heterocycles. The molecule has 0 unspecified atom stereocenters. The Morgan fingerprint density at radius 2 is 1.86 bits per heavy atom. The first-order valence-corrected chi connectivity index (χ1v) is 7.84. The molecule has 3 N–H and O–H groups in total. The molecule has 0 aliphatic carbocycles. The van der Waals surface area contributed by atoms with E-state index in [4.69, 9.17) is 15.8 Å². The van der Waals surface area contributed by atoms with Crippen LogP contribution in [0.2, 0.25) is 0 Å². The molecule has 0 spiro atoms. The maximum absolute atomic E-state index is 12.1. The van der Waals surface area contributed by atoms with Crippen molar-refractivity contribution in [3.05, 3.63) is 65.9 Å². The first-order chi connectivity index (χ1) is 13.5. The lowest BCUT2D eigenvalue weighted by Gasteiger charge is -2.09. The average molecular weight is 385 g/mol. The van der Waals surface area contributed by atoms with Gasteiger partial charge in [-0.25, -0.2) is 15.0 Å². The van der Waals surface area contributed by atoms with Gasteiger partial charge in [0.1, 0.15) is 23.2 Å². The molecule has 0 aliphatic heterocycles. The lowest BCUT2D eigenvalue weighted by Crippen LogP contribution is -2.11. The van der Waals surface area contributed by atoms with Crippen molar-refractivity contribution >= 4 is 17.5 Å². The number of benzene rings is 2. The van der Waals surface area contributed by atoms with Crippen LogP contribution in [0.25, 0.3) is 5.69 Å². The average Bonchev–Trinajstić information content (AvgIpc) is 3.07. The minimum atomic E-state index is -2.91. The third-order valence-corrected chi connectivity index (χ3v) is 3.62. The zero-order valence-corrected chi connectivity index (χ0v) is 14.2. The maximum Gasteiger partial charge on any atom is 0.387 e. The fourth-order valence-electron chi connectivity index (χ4n) is 2.26. The van der Waals surface area contributed by atoms with Crippen molar-refractivity contribution in [3.63, 3.8) is 0 Å². The Bertz CT molecular complexity index is 1010. The summed E-state index contributed by atoms with van der Waals surface area (Å²) < 4.78 is 29.8. The molecule has 8 nitrogen and oxygen atoms in total. The number of rotatable bonds is 6. The van der Waals surface area contributed by atoms with Crippen molar-refractivity contribution < 1.29 is 23.1 Å². The summed E-state index contributed by atoms with van der Waals surface area (Å²) in [7, 11) is 0. The molecular weight excluding hydrogens is 372 g/mol. The summed E-state index contributed by atoms with van der Waals surface area (Å²) in [4.78, 5) is 17.1. The monoisotopic (exact) mass is 385 g/mol. The van der Waals surface area contributed by atoms with Crippen molar-refractivity contribution in [1.82, 2.24) is 9.78 Å². The number of hydrogen-bond donors (Lipinski definition) is 2. The quantitative estimate of drug-likeness (QED) is 0.627. The highest BCUT2D eigenvalue weighted by molar-refractivity contribution is 5.90. The maximum atomic E-state index is 12.1. The number of alkyl halides is 2. The third-order valence-electron chi connectivity index (χ3n) is 3.62. The minimum Gasteiger partial charge on any atom is -0.435 e. The Morgan fingerprint density at radius 3 is 2.43 bits per heavy atom. The van der Waals surface area contributed by atoms with Gasteiger partial charge in [-0.15, -0.1) is 0 Å². The van der Waals surface area contributed by atoms with Crippen LogP contribution in [0.15, 0.2) is 54.7 Å². The standard InChI is InChI=1S/C18H13F2N5O3/c19-18(20)27-15-7-3-13(4-8-15)24-28-17(26)11-1-5-14(6-2-11)25-16(22)12(9-21)10-23-25/h1-8,10,18,24H,22H2. The molecule has 3 aromatic rings. The van der Waals surface area contributed by atoms with Crippen LogP contribution in [-0.2, 0) is 4.84 Å². The molecule has 0 amide bonds. The van der Waals surface area contributed by atoms with E-state index in [1.807, 2.05) is 6.07 Å². The Balaban J connectivity index is 1.62. The van der Waals surface area contributed by atoms with E-state index in [0.29, 0.717) is 11.4 Å². The number of carbonyl (C=O) groups excluding carboxylic acids is 1. The van der Waals surface area contributed by atoms with Crippen molar-refractivity contribution in [2.45, 2.75) is 6.61 Å². The third kappa shape index (κ3) is 4.16. The van der Waals surface area contributed by atoms with Gasteiger partial charge >= 0.3 is 12.6 Å². The number of nitrogen functional groups attached to an aromatic ring is 1. The number of aromatic nitrogens is 2. The van der Waals surface area contributed by atoms with Gasteiger partial charge in [0.05, 0.1) is 23.1 Å². The summed E-state index contributed by atoms with van der Waals surface area (Å²) in [6.07, 6.45) is 1.35. The number of anilines is 2. The van der Waals surface area contributed by atoms with E-state index in [0.717, 1.165) is 0 Å². The van der Waals surface area contributed by atoms with E-state index >= 15 is 0 Å². The van der Waals surface area contributed by atoms with E-state index in [-0.39, 0.29) is 22.7 Å². The largest absolute Gasteiger partial charge is 0.435 e. The summed E-state index contributed by atoms with van der Waals surface area (Å²) in [5, 5.41) is 12.9. The number of nitrogens with two attached hydrogens (primary N) is 1. The van der Waals surface area contributed by atoms with Crippen LogP contribution in [0, 0.1) is 11.3 Å². The second-order valence-corrected chi connectivity index (χ2v) is 5.41. The number of nitriles is 1. The lowest BCUT2D eigenvalue weighted by atomic mass is 10.2. The molecule has 3 rings (SSSR count). The normalized spacial score (nSPS) is 10.4. The van der Waals surface area contributed by atoms with Gasteiger partial charge in [-0.1, -0.05) is 0 Å². The fourth-order valence-corrected chi connectivity index (χ4v) is 2.26. The van der Waals surface area contributed by atoms with Crippen LogP contribution in [-0.4, -0.2) is 22.4 Å². The van der Waals surface area contributed by atoms with Crippen molar-refractivity contribution in [1.29, 1.82) is 5.26 Å². The molecule has 2 aromatic carbocycles. The molecule has 10 heteroatoms. The van der Waals surface area contributed by atoms with Gasteiger partial charge in [-0.3, -0.25) is 0 Å². The molecule has 1 heterocycles. The van der Waals surface area contributed by atoms with Gasteiger partial charge < -0.3 is 15.3 Å². The number of halogens is 2. The molecule has 0 bridgehead atoms. The van der Waals surface area contributed by atoms with E-state index in [1.54, 1.807) is 12.1 Å². The van der Waals surface area contributed by atoms with E-state index in [2.05, 4.69) is 15.3 Å². The second kappa shape index (κ2) is 8.05. The fraction of sp³-hybridized carbons (Fsp3) is 0.0556. The van der Waals surface area contributed by atoms with Crippen LogP contribution in [0.1, 0.15) is 15.9 Å². The van der Waals surface area contributed by atoms with Crippen LogP contribution in [0.3, 0.4) is 0 Å². The van der Waals surface area contributed by atoms with Gasteiger partial charge in [0.2, 0.25) is 0 Å². The first kappa shape index (κ1) is 18.7. The van der Waals surface area contributed by atoms with Gasteiger partial charge in [-0.2, -0.15) is 19.1 Å². The highest BCUT2D eigenvalue weighted by Crippen LogP contribution is 2.19. The molecule has 0 radical (unpaired) electrons. The summed E-state index contributed by atoms with van der Waals surface area (Å²) >= 11 is 0. The van der Waals surface area contributed by atoms with Crippen LogP contribution in [0.4, 0.5) is 20.3 Å². The predicted octanol–water partition coefficient (Wildman–Crippen LogP) is 3.11. The van der Waals surface area contributed by atoms with Crippen LogP contribution in [0.5, 0.6) is 5.75 Å². The van der Waals surface area contributed by atoms with Gasteiger partial charge in [-0.05, 0) is 48.5 Å². The highest BCUT2D eigenvalue weighted by Gasteiger charge is 2.11. The zero-order chi connectivity index (χ0) is 20.1. The summed E-state index contributed by atoms with van der Waals surface area (Å²) in [5.74, 6) is -0.482. The number of nitrogens with zero attached hydrogens (tertiary/aromatic N) is 3. The van der Waals surface area contributed by atoms with Crippen molar-refractivity contribution in [2.24, 2.45) is 0 Å². The van der Waals surface area contributed by atoms with Gasteiger partial charge in [0.15, 0.2) is 0 Å². The molecule has 0 aliphatic rings.